The van der Waals surface area contributed by atoms with Crippen LogP contribution in [0.1, 0.15) is 43.7 Å². The average Bonchev–Trinajstić information content (AvgIpc) is 3.44. The predicted octanol–water partition coefficient (Wildman–Crippen LogP) is 5.04. The summed E-state index contributed by atoms with van der Waals surface area (Å²) in [6.07, 6.45) is 4.50. The fourth-order valence-electron chi connectivity index (χ4n) is 3.89. The van der Waals surface area contributed by atoms with Gasteiger partial charge in [0.2, 0.25) is 0 Å². The van der Waals surface area contributed by atoms with Crippen LogP contribution >= 0.6 is 0 Å². The van der Waals surface area contributed by atoms with Crippen molar-refractivity contribution in [1.82, 2.24) is 5.32 Å². The number of carbonyl (C=O) groups excluding carboxylic acids is 1. The van der Waals surface area contributed by atoms with Crippen LogP contribution in [0.4, 0.5) is 16.2 Å². The second kappa shape index (κ2) is 7.26. The van der Waals surface area contributed by atoms with E-state index in [0.717, 1.165) is 37.5 Å². The zero-order valence-corrected chi connectivity index (χ0v) is 16.3. The molecule has 2 fully saturated rings. The molecule has 2 aromatic rings. The van der Waals surface area contributed by atoms with Gasteiger partial charge in [0.05, 0.1) is 5.54 Å². The molecule has 1 saturated carbocycles. The summed E-state index contributed by atoms with van der Waals surface area (Å²) in [5, 5.41) is 6.16. The zero-order chi connectivity index (χ0) is 18.9. The van der Waals surface area contributed by atoms with Crippen LogP contribution in [0, 0.1) is 12.8 Å². The molecular weight excluding hydrogens is 334 g/mol. The largest absolute Gasteiger partial charge is 0.372 e. The lowest BCUT2D eigenvalue weighted by Gasteiger charge is -2.32. The molecule has 0 aromatic heterocycles. The Balaban J connectivity index is 1.35. The van der Waals surface area contributed by atoms with E-state index in [1.807, 2.05) is 12.1 Å². The van der Waals surface area contributed by atoms with Crippen LogP contribution in [-0.2, 0) is 5.54 Å². The Hall–Kier alpha value is -2.49. The highest BCUT2D eigenvalue weighted by atomic mass is 16.2. The molecule has 0 bridgehead atoms. The number of piperidine rings is 1. The summed E-state index contributed by atoms with van der Waals surface area (Å²) in [4.78, 5) is 14.9. The molecule has 2 amide bonds. The Morgan fingerprint density at radius 3 is 2.22 bits per heavy atom. The number of hydrogen-bond donors (Lipinski definition) is 2. The number of amides is 2. The lowest BCUT2D eigenvalue weighted by atomic mass is 9.99. The molecule has 2 N–H and O–H groups in total. The first-order chi connectivity index (χ1) is 13.0. The van der Waals surface area contributed by atoms with Crippen molar-refractivity contribution >= 4 is 17.4 Å². The molecule has 1 heterocycles. The fraction of sp³-hybridized carbons (Fsp3) is 0.435. The summed E-state index contributed by atoms with van der Waals surface area (Å²) < 4.78 is 0. The quantitative estimate of drug-likeness (QED) is 0.799. The van der Waals surface area contributed by atoms with Gasteiger partial charge in [-0.05, 0) is 68.4 Å². The van der Waals surface area contributed by atoms with Gasteiger partial charge in [0.1, 0.15) is 0 Å². The minimum absolute atomic E-state index is 0.132. The van der Waals surface area contributed by atoms with Crippen LogP contribution in [0.25, 0.3) is 0 Å². The van der Waals surface area contributed by atoms with E-state index in [4.69, 9.17) is 0 Å². The first kappa shape index (κ1) is 17.9. The average molecular weight is 364 g/mol. The summed E-state index contributed by atoms with van der Waals surface area (Å²) >= 11 is 0. The van der Waals surface area contributed by atoms with Gasteiger partial charge in [-0.25, -0.2) is 4.79 Å². The number of hydrogen-bond acceptors (Lipinski definition) is 2. The number of rotatable bonds is 4. The maximum absolute atomic E-state index is 12.5. The third-order valence-electron chi connectivity index (χ3n) is 5.98. The van der Waals surface area contributed by atoms with Gasteiger partial charge in [0.25, 0.3) is 0 Å². The standard InChI is InChI=1S/C23H29N3O/c1-17-3-5-19(6-4-17)23(13-14-23)25-22(27)24-20-7-9-21(10-8-20)26-15-11-18(2)12-16-26/h3-10,18H,11-16H2,1-2H3,(H2,24,25,27). The maximum atomic E-state index is 12.5. The van der Waals surface area contributed by atoms with Gasteiger partial charge in [-0.15, -0.1) is 0 Å². The summed E-state index contributed by atoms with van der Waals surface area (Å²) in [5.41, 5.74) is 4.31. The van der Waals surface area contributed by atoms with Crippen molar-refractivity contribution in [2.24, 2.45) is 5.92 Å². The van der Waals surface area contributed by atoms with E-state index < -0.39 is 0 Å². The van der Waals surface area contributed by atoms with Crippen LogP contribution < -0.4 is 15.5 Å². The predicted molar refractivity (Wildman–Crippen MR) is 111 cm³/mol. The minimum atomic E-state index is -0.192. The number of urea groups is 1. The third kappa shape index (κ3) is 4.10. The summed E-state index contributed by atoms with van der Waals surface area (Å²) in [6.45, 7) is 6.64. The second-order valence-corrected chi connectivity index (χ2v) is 8.24. The first-order valence-electron chi connectivity index (χ1n) is 10.1. The smallest absolute Gasteiger partial charge is 0.319 e. The van der Waals surface area contributed by atoms with Crippen LogP contribution in [0.15, 0.2) is 48.5 Å². The molecule has 4 heteroatoms. The Morgan fingerprint density at radius 2 is 1.63 bits per heavy atom. The number of nitrogens with one attached hydrogen (secondary N) is 2. The monoisotopic (exact) mass is 363 g/mol. The van der Waals surface area contributed by atoms with E-state index in [-0.39, 0.29) is 11.6 Å². The number of aryl methyl sites for hydroxylation is 1. The van der Waals surface area contributed by atoms with Crippen molar-refractivity contribution in [2.75, 3.05) is 23.3 Å². The van der Waals surface area contributed by atoms with Gasteiger partial charge in [-0.1, -0.05) is 36.8 Å². The first-order valence-corrected chi connectivity index (χ1v) is 10.1. The van der Waals surface area contributed by atoms with E-state index in [9.17, 15) is 4.79 Å². The van der Waals surface area contributed by atoms with Crippen molar-refractivity contribution in [2.45, 2.75) is 45.1 Å². The number of nitrogens with zero attached hydrogens (tertiary/aromatic N) is 1. The van der Waals surface area contributed by atoms with Crippen molar-refractivity contribution in [3.63, 3.8) is 0 Å². The van der Waals surface area contributed by atoms with E-state index in [0.29, 0.717) is 0 Å². The topological polar surface area (TPSA) is 44.4 Å². The lowest BCUT2D eigenvalue weighted by molar-refractivity contribution is 0.247. The molecule has 0 atom stereocenters. The van der Waals surface area contributed by atoms with Crippen LogP contribution in [0.3, 0.4) is 0 Å². The zero-order valence-electron chi connectivity index (χ0n) is 16.3. The molecule has 2 aliphatic rings. The van der Waals surface area contributed by atoms with Gasteiger partial charge in [-0.2, -0.15) is 0 Å². The molecule has 27 heavy (non-hydrogen) atoms. The Bertz CT molecular complexity index is 785. The van der Waals surface area contributed by atoms with Gasteiger partial charge in [0, 0.05) is 24.5 Å². The molecule has 1 aliphatic heterocycles. The number of benzene rings is 2. The molecule has 4 nitrogen and oxygen atoms in total. The summed E-state index contributed by atoms with van der Waals surface area (Å²) in [6, 6.07) is 16.5. The maximum Gasteiger partial charge on any atom is 0.319 e. The molecule has 0 radical (unpaired) electrons. The van der Waals surface area contributed by atoms with E-state index in [1.165, 1.54) is 29.7 Å². The molecule has 2 aromatic carbocycles. The third-order valence-corrected chi connectivity index (χ3v) is 5.98. The number of anilines is 2. The van der Waals surface area contributed by atoms with E-state index in [2.05, 4.69) is 65.8 Å². The van der Waals surface area contributed by atoms with Crippen molar-refractivity contribution in [1.29, 1.82) is 0 Å². The molecule has 0 unspecified atom stereocenters. The molecule has 0 spiro atoms. The molecule has 1 aliphatic carbocycles. The molecule has 4 rings (SSSR count). The van der Waals surface area contributed by atoms with Crippen LogP contribution in [-0.4, -0.2) is 19.1 Å². The van der Waals surface area contributed by atoms with E-state index >= 15 is 0 Å². The van der Waals surface area contributed by atoms with Crippen molar-refractivity contribution in [3.05, 3.63) is 59.7 Å². The van der Waals surface area contributed by atoms with Gasteiger partial charge in [-0.3, -0.25) is 0 Å². The summed E-state index contributed by atoms with van der Waals surface area (Å²) in [7, 11) is 0. The Morgan fingerprint density at radius 1 is 1.00 bits per heavy atom. The van der Waals surface area contributed by atoms with Gasteiger partial charge >= 0.3 is 6.03 Å². The Labute approximate surface area is 162 Å². The SMILES string of the molecule is Cc1ccc(C2(NC(=O)Nc3ccc(N4CCC(C)CC4)cc3)CC2)cc1. The molecular formula is C23H29N3O. The normalized spacial score (nSPS) is 18.8. The van der Waals surface area contributed by atoms with Crippen LogP contribution in [0.5, 0.6) is 0 Å². The molecule has 1 saturated heterocycles. The van der Waals surface area contributed by atoms with Gasteiger partial charge < -0.3 is 15.5 Å². The van der Waals surface area contributed by atoms with Crippen LogP contribution in [0.2, 0.25) is 0 Å². The highest BCUT2D eigenvalue weighted by Gasteiger charge is 2.45. The lowest BCUT2D eigenvalue weighted by Crippen LogP contribution is -2.38. The highest BCUT2D eigenvalue weighted by molar-refractivity contribution is 5.90. The highest BCUT2D eigenvalue weighted by Crippen LogP contribution is 2.45. The Kier molecular flexibility index (Phi) is 4.81. The van der Waals surface area contributed by atoms with Crippen molar-refractivity contribution < 1.29 is 4.79 Å². The molecule has 142 valence electrons. The minimum Gasteiger partial charge on any atom is -0.372 e. The van der Waals surface area contributed by atoms with Crippen molar-refractivity contribution in [3.8, 4) is 0 Å². The fourth-order valence-corrected chi connectivity index (χ4v) is 3.89. The number of carbonyl (C=O) groups is 1. The second-order valence-electron chi connectivity index (χ2n) is 8.24. The summed E-state index contributed by atoms with van der Waals surface area (Å²) in [5.74, 6) is 0.828. The van der Waals surface area contributed by atoms with Gasteiger partial charge in [0.15, 0.2) is 0 Å². The van der Waals surface area contributed by atoms with E-state index in [1.54, 1.807) is 0 Å².